The highest BCUT2D eigenvalue weighted by Crippen LogP contribution is 2.36. The number of anilines is 1. The van der Waals surface area contributed by atoms with Crippen LogP contribution in [0.5, 0.6) is 11.5 Å². The molecule has 2 aliphatic rings. The molecule has 0 spiro atoms. The van der Waals surface area contributed by atoms with Gasteiger partial charge in [-0.25, -0.2) is 14.6 Å². The minimum absolute atomic E-state index is 0.0943. The van der Waals surface area contributed by atoms with Crippen LogP contribution >= 0.6 is 11.3 Å². The topological polar surface area (TPSA) is 155 Å². The number of carbonyl (C=O) groups is 2. The normalized spacial score (nSPS) is 16.6. The molecule has 1 aromatic heterocycles. The molecule has 3 aromatic rings. The molecule has 1 atom stereocenters. The van der Waals surface area contributed by atoms with E-state index in [1.165, 1.54) is 23.8 Å². The Bertz CT molecular complexity index is 1940. The molecule has 2 aromatic carbocycles. The van der Waals surface area contributed by atoms with Crippen molar-refractivity contribution in [3.8, 4) is 11.5 Å². The predicted octanol–water partition coefficient (Wildman–Crippen LogP) is 2.41. The van der Waals surface area contributed by atoms with Crippen LogP contribution in [0.2, 0.25) is 0 Å². The number of allylic oxidation sites excluding steroid dienone is 1. The van der Waals surface area contributed by atoms with Crippen LogP contribution in [0.25, 0.3) is 6.08 Å². The molecular weight excluding hydrogens is 642 g/mol. The lowest BCUT2D eigenvalue weighted by molar-refractivity contribution is -0.384. The van der Waals surface area contributed by atoms with Crippen molar-refractivity contribution < 1.29 is 33.5 Å². The van der Waals surface area contributed by atoms with Crippen LogP contribution in [0.3, 0.4) is 0 Å². The summed E-state index contributed by atoms with van der Waals surface area (Å²) in [7, 11) is 3.30. The van der Waals surface area contributed by atoms with Crippen molar-refractivity contribution in [1.82, 2.24) is 9.47 Å². The molecule has 0 radical (unpaired) electrons. The number of non-ortho nitro benzene ring substituents is 1. The maximum atomic E-state index is 14.3. The number of ether oxygens (including phenoxy) is 4. The first-order valence-electron chi connectivity index (χ1n) is 15.4. The number of hydrogen-bond donors (Lipinski definition) is 0. The lowest BCUT2D eigenvalue weighted by Gasteiger charge is -2.34. The third-order valence-corrected chi connectivity index (χ3v) is 9.01. The van der Waals surface area contributed by atoms with Crippen molar-refractivity contribution >= 4 is 40.7 Å². The fraction of sp³-hybridized carbons (Fsp3) is 0.394. The summed E-state index contributed by atoms with van der Waals surface area (Å²) < 4.78 is 23.3. The maximum absolute atomic E-state index is 14.3. The SMILES string of the molecule is CCOC(=O)C1=C(C)N=c2s/c(=C\c3cc([N+](=O)[O-])ccc3N3CCN(C)CC3)c(=O)n2[C@H]1c1ccc(OCC(=O)OC)c(OCC)c1. The van der Waals surface area contributed by atoms with Gasteiger partial charge in [0.25, 0.3) is 11.2 Å². The van der Waals surface area contributed by atoms with Crippen LogP contribution in [0.4, 0.5) is 11.4 Å². The first kappa shape index (κ1) is 34.3. The average Bonchev–Trinajstić information content (AvgIpc) is 3.37. The molecule has 15 heteroatoms. The first-order chi connectivity index (χ1) is 23.1. The lowest BCUT2D eigenvalue weighted by Crippen LogP contribution is -2.44. The zero-order valence-electron chi connectivity index (χ0n) is 27.4. The van der Waals surface area contributed by atoms with Crippen molar-refractivity contribution in [3.05, 3.63) is 88.6 Å². The van der Waals surface area contributed by atoms with Gasteiger partial charge in [0, 0.05) is 49.6 Å². The van der Waals surface area contributed by atoms with Crippen molar-refractivity contribution in [2.45, 2.75) is 26.8 Å². The monoisotopic (exact) mass is 679 g/mol. The Morgan fingerprint density at radius 3 is 2.48 bits per heavy atom. The van der Waals surface area contributed by atoms with Crippen LogP contribution in [0.15, 0.2) is 57.5 Å². The third kappa shape index (κ3) is 7.11. The summed E-state index contributed by atoms with van der Waals surface area (Å²) in [5.41, 5.74) is 1.85. The number of fused-ring (bicyclic) bond motifs is 1. The fourth-order valence-electron chi connectivity index (χ4n) is 5.63. The highest BCUT2D eigenvalue weighted by atomic mass is 32.1. The molecule has 0 amide bonds. The van der Waals surface area contributed by atoms with E-state index in [1.54, 1.807) is 51.1 Å². The number of methoxy groups -OCH3 is 1. The highest BCUT2D eigenvalue weighted by molar-refractivity contribution is 7.07. The molecule has 1 saturated heterocycles. The number of esters is 2. The molecule has 0 N–H and O–H groups in total. The molecular formula is C33H37N5O9S. The second-order valence-electron chi connectivity index (χ2n) is 11.1. The molecule has 0 aliphatic carbocycles. The summed E-state index contributed by atoms with van der Waals surface area (Å²) in [6.07, 6.45) is 1.65. The molecule has 254 valence electrons. The summed E-state index contributed by atoms with van der Waals surface area (Å²) in [5.74, 6) is -0.624. The number of benzene rings is 2. The van der Waals surface area contributed by atoms with Crippen molar-refractivity contribution in [1.29, 1.82) is 0 Å². The number of nitro benzene ring substituents is 1. The number of likely N-dealkylation sites (N-methyl/N-ethyl adjacent to an activating group) is 1. The summed E-state index contributed by atoms with van der Waals surface area (Å²) >= 11 is 1.13. The number of thiazole rings is 1. The Balaban J connectivity index is 1.68. The molecule has 0 unspecified atom stereocenters. The van der Waals surface area contributed by atoms with Gasteiger partial charge in [-0.05, 0) is 57.7 Å². The number of piperazine rings is 1. The van der Waals surface area contributed by atoms with Gasteiger partial charge in [0.15, 0.2) is 22.9 Å². The van der Waals surface area contributed by atoms with Crippen molar-refractivity contribution in [2.75, 3.05) is 65.1 Å². The third-order valence-electron chi connectivity index (χ3n) is 8.03. The van der Waals surface area contributed by atoms with Gasteiger partial charge < -0.3 is 28.7 Å². The Morgan fingerprint density at radius 2 is 1.81 bits per heavy atom. The number of hydrogen-bond acceptors (Lipinski definition) is 13. The van der Waals surface area contributed by atoms with Gasteiger partial charge in [-0.15, -0.1) is 0 Å². The molecule has 0 saturated carbocycles. The number of nitrogens with zero attached hydrogens (tertiary/aromatic N) is 5. The standard InChI is InChI=1S/C33H37N5O9S/c1-6-45-26-17-21(8-11-25(26)47-19-28(39)44-5)30-29(32(41)46-7-2)20(3)34-33-37(30)31(40)27(48-33)18-22-16-23(38(42)43)9-10-24(22)36-14-12-35(4)13-15-36/h8-11,16-18,30H,6-7,12-15,19H2,1-5H3/b27-18-/t30-/m0/s1. The van der Waals surface area contributed by atoms with E-state index in [2.05, 4.69) is 19.5 Å². The van der Waals surface area contributed by atoms with Gasteiger partial charge in [0.1, 0.15) is 0 Å². The molecule has 14 nitrogen and oxygen atoms in total. The Morgan fingerprint density at radius 1 is 1.06 bits per heavy atom. The Labute approximate surface area is 280 Å². The van der Waals surface area contributed by atoms with E-state index in [4.69, 9.17) is 14.2 Å². The van der Waals surface area contributed by atoms with Gasteiger partial charge in [-0.2, -0.15) is 0 Å². The minimum atomic E-state index is -0.946. The largest absolute Gasteiger partial charge is 0.490 e. The fourth-order valence-corrected chi connectivity index (χ4v) is 6.67. The number of carbonyl (C=O) groups excluding carboxylic acids is 2. The van der Waals surface area contributed by atoms with Gasteiger partial charge in [-0.3, -0.25) is 19.5 Å². The van der Waals surface area contributed by atoms with Crippen molar-refractivity contribution in [2.24, 2.45) is 4.99 Å². The molecule has 48 heavy (non-hydrogen) atoms. The van der Waals surface area contributed by atoms with E-state index < -0.39 is 28.5 Å². The lowest BCUT2D eigenvalue weighted by atomic mass is 9.95. The smallest absolute Gasteiger partial charge is 0.343 e. The zero-order valence-corrected chi connectivity index (χ0v) is 28.2. The molecule has 1 fully saturated rings. The van der Waals surface area contributed by atoms with E-state index >= 15 is 0 Å². The van der Waals surface area contributed by atoms with E-state index in [0.29, 0.717) is 27.4 Å². The van der Waals surface area contributed by atoms with E-state index in [9.17, 15) is 24.5 Å². The van der Waals surface area contributed by atoms with Gasteiger partial charge in [0.05, 0.1) is 47.1 Å². The van der Waals surface area contributed by atoms with E-state index in [-0.39, 0.29) is 41.4 Å². The number of nitro groups is 1. The average molecular weight is 680 g/mol. The molecule has 2 aliphatic heterocycles. The number of aromatic nitrogens is 1. The van der Waals surface area contributed by atoms with E-state index in [0.717, 1.165) is 43.2 Å². The zero-order chi connectivity index (χ0) is 34.5. The minimum Gasteiger partial charge on any atom is -0.490 e. The van der Waals surface area contributed by atoms with Gasteiger partial charge in [0.2, 0.25) is 0 Å². The van der Waals surface area contributed by atoms with Crippen LogP contribution in [-0.4, -0.2) is 86.5 Å². The van der Waals surface area contributed by atoms with Gasteiger partial charge in [-0.1, -0.05) is 17.4 Å². The van der Waals surface area contributed by atoms with E-state index in [1.807, 2.05) is 7.05 Å². The van der Waals surface area contributed by atoms with Gasteiger partial charge >= 0.3 is 11.9 Å². The summed E-state index contributed by atoms with van der Waals surface area (Å²) in [6, 6.07) is 8.65. The first-order valence-corrected chi connectivity index (χ1v) is 16.3. The highest BCUT2D eigenvalue weighted by Gasteiger charge is 2.34. The summed E-state index contributed by atoms with van der Waals surface area (Å²) in [5, 5.41) is 11.7. The van der Waals surface area contributed by atoms with Crippen LogP contribution in [0, 0.1) is 10.1 Å². The van der Waals surface area contributed by atoms with Crippen LogP contribution in [0.1, 0.15) is 37.9 Å². The maximum Gasteiger partial charge on any atom is 0.343 e. The molecule has 0 bridgehead atoms. The quantitative estimate of drug-likeness (QED) is 0.167. The van der Waals surface area contributed by atoms with Crippen molar-refractivity contribution in [3.63, 3.8) is 0 Å². The summed E-state index contributed by atoms with van der Waals surface area (Å²) in [4.78, 5) is 60.1. The Hall–Kier alpha value is -5.02. The number of rotatable bonds is 11. The van der Waals surface area contributed by atoms with Crippen LogP contribution in [-0.2, 0) is 19.1 Å². The summed E-state index contributed by atoms with van der Waals surface area (Å²) in [6.45, 7) is 8.30. The molecule has 5 rings (SSSR count). The molecule has 3 heterocycles. The second kappa shape index (κ2) is 14.8. The van der Waals surface area contributed by atoms with Crippen LogP contribution < -0.4 is 29.3 Å². The second-order valence-corrected chi connectivity index (χ2v) is 12.1. The Kier molecular flexibility index (Phi) is 10.6. The predicted molar refractivity (Wildman–Crippen MR) is 178 cm³/mol.